The molecule has 1 N–H and O–H groups in total. The van der Waals surface area contributed by atoms with Crippen LogP contribution in [0, 0.1) is 0 Å². The minimum Gasteiger partial charge on any atom is -0.322 e. The molecule has 1 aromatic rings. The summed E-state index contributed by atoms with van der Waals surface area (Å²) >= 11 is 0. The lowest BCUT2D eigenvalue weighted by molar-refractivity contribution is 0.211. The molecule has 2 heterocycles. The molecule has 0 spiro atoms. The minimum absolute atomic E-state index is 0.120. The molecule has 2 atom stereocenters. The van der Waals surface area contributed by atoms with E-state index in [1.54, 1.807) is 0 Å². The molecule has 4 nitrogen and oxygen atoms in total. The van der Waals surface area contributed by atoms with Gasteiger partial charge in [-0.2, -0.15) is 0 Å². The highest BCUT2D eigenvalue weighted by molar-refractivity contribution is 5.95. The maximum atomic E-state index is 12.3. The Hall–Kier alpha value is -1.55. The van der Waals surface area contributed by atoms with Crippen molar-refractivity contribution in [1.29, 1.82) is 0 Å². The van der Waals surface area contributed by atoms with Gasteiger partial charge in [-0.05, 0) is 25.1 Å². The summed E-state index contributed by atoms with van der Waals surface area (Å²) in [6, 6.07) is 10.7. The highest BCUT2D eigenvalue weighted by atomic mass is 16.2. The van der Waals surface area contributed by atoms with Crippen molar-refractivity contribution in [2.75, 3.05) is 25.0 Å². The largest absolute Gasteiger partial charge is 0.324 e. The van der Waals surface area contributed by atoms with Crippen LogP contribution in [0.15, 0.2) is 30.3 Å². The number of hydrogen-bond donors (Lipinski definition) is 1. The number of benzene rings is 1. The van der Waals surface area contributed by atoms with Crippen LogP contribution in [0.3, 0.4) is 0 Å². The fourth-order valence-electron chi connectivity index (χ4n) is 2.89. The van der Waals surface area contributed by atoms with Gasteiger partial charge in [-0.3, -0.25) is 4.90 Å². The number of carbonyl (C=O) groups is 1. The zero-order valence-corrected chi connectivity index (χ0v) is 9.97. The van der Waals surface area contributed by atoms with Crippen molar-refractivity contribution in [2.24, 2.45) is 0 Å². The summed E-state index contributed by atoms with van der Waals surface area (Å²) in [6.07, 6.45) is 1.04. The summed E-state index contributed by atoms with van der Waals surface area (Å²) < 4.78 is 0. The Labute approximate surface area is 101 Å². The Balaban J connectivity index is 1.96. The number of hydrogen-bond acceptors (Lipinski definition) is 2. The molecule has 17 heavy (non-hydrogen) atoms. The minimum atomic E-state index is 0.120. The second kappa shape index (κ2) is 4.04. The third-order valence-electron chi connectivity index (χ3n) is 3.79. The highest BCUT2D eigenvalue weighted by Crippen LogP contribution is 2.30. The Bertz CT molecular complexity index is 420. The second-order valence-electron chi connectivity index (χ2n) is 4.73. The fourth-order valence-corrected chi connectivity index (χ4v) is 2.89. The number of carbonyl (C=O) groups excluding carboxylic acids is 1. The number of rotatable bonds is 1. The number of nitrogens with one attached hydrogen (secondary N) is 1. The highest BCUT2D eigenvalue weighted by Gasteiger charge is 2.45. The molecule has 2 saturated heterocycles. The molecule has 2 aliphatic rings. The van der Waals surface area contributed by atoms with E-state index in [4.69, 9.17) is 0 Å². The van der Waals surface area contributed by atoms with Crippen LogP contribution in [0.4, 0.5) is 10.5 Å². The number of fused-ring (bicyclic) bond motifs is 1. The zero-order valence-electron chi connectivity index (χ0n) is 9.97. The van der Waals surface area contributed by atoms with E-state index in [-0.39, 0.29) is 12.1 Å². The van der Waals surface area contributed by atoms with Gasteiger partial charge >= 0.3 is 6.03 Å². The van der Waals surface area contributed by atoms with Crippen molar-refractivity contribution in [1.82, 2.24) is 10.2 Å². The van der Waals surface area contributed by atoms with Gasteiger partial charge in [0.2, 0.25) is 0 Å². The van der Waals surface area contributed by atoms with Gasteiger partial charge in [0.05, 0.1) is 12.1 Å². The molecule has 0 bridgehead atoms. The lowest BCUT2D eigenvalue weighted by Crippen LogP contribution is -2.50. The third-order valence-corrected chi connectivity index (χ3v) is 3.79. The van der Waals surface area contributed by atoms with Crippen molar-refractivity contribution in [3.63, 3.8) is 0 Å². The molecule has 0 unspecified atom stereocenters. The van der Waals surface area contributed by atoms with Gasteiger partial charge in [0.1, 0.15) is 0 Å². The molecule has 1 aromatic carbocycles. The average Bonchev–Trinajstić information content (AvgIpc) is 2.64. The van der Waals surface area contributed by atoms with Crippen molar-refractivity contribution in [3.8, 4) is 0 Å². The fraction of sp³-hybridized carbons (Fsp3) is 0.462. The summed E-state index contributed by atoms with van der Waals surface area (Å²) in [5.41, 5.74) is 1.00. The van der Waals surface area contributed by atoms with E-state index in [1.807, 2.05) is 47.2 Å². The van der Waals surface area contributed by atoms with Gasteiger partial charge in [0.15, 0.2) is 0 Å². The number of amides is 2. The van der Waals surface area contributed by atoms with Crippen LogP contribution in [-0.2, 0) is 0 Å². The summed E-state index contributed by atoms with van der Waals surface area (Å²) in [5.74, 6) is 0. The molecule has 0 aliphatic carbocycles. The molecule has 4 heteroatoms. The van der Waals surface area contributed by atoms with E-state index >= 15 is 0 Å². The van der Waals surface area contributed by atoms with Crippen LogP contribution in [-0.4, -0.2) is 43.2 Å². The van der Waals surface area contributed by atoms with E-state index < -0.39 is 0 Å². The van der Waals surface area contributed by atoms with Crippen molar-refractivity contribution >= 4 is 11.7 Å². The maximum Gasteiger partial charge on any atom is 0.324 e. The molecule has 0 radical (unpaired) electrons. The molecule has 90 valence electrons. The van der Waals surface area contributed by atoms with Crippen LogP contribution < -0.4 is 10.2 Å². The summed E-state index contributed by atoms with van der Waals surface area (Å²) in [7, 11) is 1.91. The van der Waals surface area contributed by atoms with Gasteiger partial charge in [-0.1, -0.05) is 18.2 Å². The first-order valence-corrected chi connectivity index (χ1v) is 6.11. The first kappa shape index (κ1) is 10.6. The molecule has 2 fully saturated rings. The average molecular weight is 231 g/mol. The standard InChI is InChI=1S/C13H17N3O/c1-15-11-7-8-14-9-12(11)16(13(15)17)10-5-3-2-4-6-10/h2-6,11-12,14H,7-9H2,1H3/t11-,12+/m0/s1. The number of anilines is 1. The smallest absolute Gasteiger partial charge is 0.322 e. The van der Waals surface area contributed by atoms with Gasteiger partial charge < -0.3 is 10.2 Å². The van der Waals surface area contributed by atoms with Gasteiger partial charge in [-0.25, -0.2) is 4.79 Å². The molecular formula is C13H17N3O. The zero-order chi connectivity index (χ0) is 11.8. The van der Waals surface area contributed by atoms with Gasteiger partial charge in [0.25, 0.3) is 0 Å². The molecule has 2 amide bonds. The predicted octanol–water partition coefficient (Wildman–Crippen LogP) is 1.29. The number of para-hydroxylation sites is 1. The first-order valence-electron chi connectivity index (χ1n) is 6.11. The molecule has 3 rings (SSSR count). The van der Waals surface area contributed by atoms with Gasteiger partial charge in [0, 0.05) is 19.3 Å². The van der Waals surface area contributed by atoms with Crippen LogP contribution in [0.1, 0.15) is 6.42 Å². The number of likely N-dealkylation sites (N-methyl/N-ethyl adjacent to an activating group) is 1. The summed E-state index contributed by atoms with van der Waals surface area (Å²) in [4.78, 5) is 16.1. The molecule has 0 aromatic heterocycles. The lowest BCUT2D eigenvalue weighted by atomic mass is 10.0. The van der Waals surface area contributed by atoms with E-state index in [9.17, 15) is 4.79 Å². The van der Waals surface area contributed by atoms with Crippen molar-refractivity contribution < 1.29 is 4.79 Å². The maximum absolute atomic E-state index is 12.3. The SMILES string of the molecule is CN1C(=O)N(c2ccccc2)[C@@H]2CNCC[C@@H]21. The van der Waals surface area contributed by atoms with Crippen LogP contribution >= 0.6 is 0 Å². The lowest BCUT2D eigenvalue weighted by Gasteiger charge is -2.31. The summed E-state index contributed by atoms with van der Waals surface area (Å²) in [5, 5.41) is 3.38. The molecular weight excluding hydrogens is 214 g/mol. The third kappa shape index (κ3) is 1.60. The Kier molecular flexibility index (Phi) is 2.52. The van der Waals surface area contributed by atoms with E-state index in [0.717, 1.165) is 25.2 Å². The predicted molar refractivity (Wildman–Crippen MR) is 67.1 cm³/mol. The molecule has 0 saturated carbocycles. The first-order chi connectivity index (χ1) is 8.29. The number of nitrogens with zero attached hydrogens (tertiary/aromatic N) is 2. The van der Waals surface area contributed by atoms with Crippen molar-refractivity contribution in [2.45, 2.75) is 18.5 Å². The Morgan fingerprint density at radius 3 is 2.76 bits per heavy atom. The van der Waals surface area contributed by atoms with Crippen LogP contribution in [0.25, 0.3) is 0 Å². The summed E-state index contributed by atoms with van der Waals surface area (Å²) in [6.45, 7) is 1.89. The van der Waals surface area contributed by atoms with Crippen LogP contribution in [0.2, 0.25) is 0 Å². The second-order valence-corrected chi connectivity index (χ2v) is 4.73. The topological polar surface area (TPSA) is 35.6 Å². The number of urea groups is 1. The van der Waals surface area contributed by atoms with E-state index in [1.165, 1.54) is 0 Å². The van der Waals surface area contributed by atoms with E-state index in [0.29, 0.717) is 6.04 Å². The normalized spacial score (nSPS) is 28.4. The Morgan fingerprint density at radius 2 is 2.00 bits per heavy atom. The van der Waals surface area contributed by atoms with Gasteiger partial charge in [-0.15, -0.1) is 0 Å². The monoisotopic (exact) mass is 231 g/mol. The Morgan fingerprint density at radius 1 is 1.24 bits per heavy atom. The number of piperidine rings is 1. The van der Waals surface area contributed by atoms with E-state index in [2.05, 4.69) is 5.32 Å². The van der Waals surface area contributed by atoms with Crippen LogP contribution in [0.5, 0.6) is 0 Å². The quantitative estimate of drug-likeness (QED) is 0.790. The van der Waals surface area contributed by atoms with Crippen molar-refractivity contribution in [3.05, 3.63) is 30.3 Å². The molecule has 2 aliphatic heterocycles.